The maximum Gasteiger partial charge on any atom is 0.251 e. The summed E-state index contributed by atoms with van der Waals surface area (Å²) in [6.45, 7) is 8.75. The molecule has 2 N–H and O–H groups in total. The lowest BCUT2D eigenvalue weighted by atomic mass is 9.76. The van der Waals surface area contributed by atoms with Crippen LogP contribution in [0.3, 0.4) is 0 Å². The maximum atomic E-state index is 11.9. The summed E-state index contributed by atoms with van der Waals surface area (Å²) in [5, 5.41) is 13.1. The number of hydrogen-bond donors (Lipinski definition) is 2. The third-order valence-electron chi connectivity index (χ3n) is 10.9. The van der Waals surface area contributed by atoms with E-state index in [4.69, 9.17) is 9.47 Å². The summed E-state index contributed by atoms with van der Waals surface area (Å²) in [4.78, 5) is 19.6. The summed E-state index contributed by atoms with van der Waals surface area (Å²) in [6, 6.07) is 29.2. The number of phenolic OH excluding ortho intramolecular Hbond substituents is 1. The molecule has 248 valence electrons. The molecule has 1 amide bonds. The van der Waals surface area contributed by atoms with E-state index in [2.05, 4.69) is 68.5 Å². The molecule has 0 unspecified atom stereocenters. The number of hydrogen-bond acceptors (Lipinski definition) is 7. The van der Waals surface area contributed by atoms with Crippen LogP contribution in [0.1, 0.15) is 57.3 Å². The lowest BCUT2D eigenvalue weighted by Gasteiger charge is -2.40. The average Bonchev–Trinajstić information content (AvgIpc) is 3.51. The Labute approximate surface area is 282 Å². The van der Waals surface area contributed by atoms with E-state index < -0.39 is 0 Å². The summed E-state index contributed by atoms with van der Waals surface area (Å²) in [5.74, 6) is 2.82. The van der Waals surface area contributed by atoms with Crippen LogP contribution in [0.2, 0.25) is 0 Å². The number of rotatable bonds is 7. The van der Waals surface area contributed by atoms with Gasteiger partial charge < -0.3 is 29.7 Å². The second kappa shape index (κ2) is 13.1. The van der Waals surface area contributed by atoms with Crippen molar-refractivity contribution in [2.75, 3.05) is 69.3 Å². The number of nitrogens with zero attached hydrogens (tertiary/aromatic N) is 3. The van der Waals surface area contributed by atoms with Gasteiger partial charge in [-0.05, 0) is 84.0 Å². The Bertz CT molecular complexity index is 1780. The monoisotopic (exact) mass is 644 g/mol. The maximum absolute atomic E-state index is 11.9. The highest BCUT2D eigenvalue weighted by Gasteiger charge is 2.34. The van der Waals surface area contributed by atoms with Crippen molar-refractivity contribution >= 4 is 17.3 Å². The summed E-state index contributed by atoms with van der Waals surface area (Å²) in [6.07, 6.45) is 2.42. The van der Waals surface area contributed by atoms with Gasteiger partial charge in [-0.25, -0.2) is 0 Å². The highest BCUT2D eigenvalue weighted by atomic mass is 16.5. The van der Waals surface area contributed by atoms with Crippen molar-refractivity contribution in [1.29, 1.82) is 0 Å². The molecule has 8 rings (SSSR count). The molecule has 0 spiro atoms. The Hall–Kier alpha value is -4.69. The van der Waals surface area contributed by atoms with Gasteiger partial charge in [-0.2, -0.15) is 0 Å². The molecule has 2 saturated heterocycles. The zero-order valence-electron chi connectivity index (χ0n) is 27.6. The van der Waals surface area contributed by atoms with Gasteiger partial charge in [-0.1, -0.05) is 30.3 Å². The van der Waals surface area contributed by atoms with E-state index in [0.717, 1.165) is 73.4 Å². The van der Waals surface area contributed by atoms with Gasteiger partial charge in [0, 0.05) is 92.8 Å². The van der Waals surface area contributed by atoms with E-state index in [1.165, 1.54) is 41.9 Å². The van der Waals surface area contributed by atoms with Gasteiger partial charge in [-0.3, -0.25) is 9.69 Å². The first-order valence-corrected chi connectivity index (χ1v) is 17.4. The summed E-state index contributed by atoms with van der Waals surface area (Å²) >= 11 is 0. The fourth-order valence-electron chi connectivity index (χ4n) is 8.21. The molecule has 2 fully saturated rings. The van der Waals surface area contributed by atoms with Gasteiger partial charge in [0.2, 0.25) is 0 Å². The van der Waals surface area contributed by atoms with E-state index in [1.54, 1.807) is 19.2 Å². The number of carbonyl (C=O) groups excluding carboxylic acids is 1. The molecular weight excluding hydrogens is 600 g/mol. The van der Waals surface area contributed by atoms with E-state index in [9.17, 15) is 9.90 Å². The molecule has 48 heavy (non-hydrogen) atoms. The van der Waals surface area contributed by atoms with Crippen molar-refractivity contribution in [1.82, 2.24) is 10.2 Å². The average molecular weight is 645 g/mol. The zero-order chi connectivity index (χ0) is 32.6. The number of nitrogens with one attached hydrogen (secondary N) is 1. The Morgan fingerprint density at radius 3 is 2.40 bits per heavy atom. The second-order valence-electron chi connectivity index (χ2n) is 13.7. The highest BCUT2D eigenvalue weighted by molar-refractivity contribution is 5.98. The molecule has 4 aliphatic rings. The number of benzene rings is 4. The number of piperazine rings is 1. The normalized spacial score (nSPS) is 21.3. The smallest absolute Gasteiger partial charge is 0.251 e. The standard InChI is InChI=1S/C40H44N4O4/c1-47-34-4-2-3-29(22-34)37-26-48-38-23-33(45)10-12-36(38)39(37)28-5-7-31(8-6-28)43-15-13-27(14-16-43)25-42-17-19-44(20-18-42)32-9-11-35-30(21-32)24-41-40(35)46/h2-12,21-23,27,37,39,45H,13-20,24-26H2,1H3,(H,41,46)/t37-,39-/m1/s1. The molecule has 0 radical (unpaired) electrons. The molecule has 8 nitrogen and oxygen atoms in total. The van der Waals surface area contributed by atoms with Crippen molar-refractivity contribution in [3.63, 3.8) is 0 Å². The summed E-state index contributed by atoms with van der Waals surface area (Å²) < 4.78 is 11.7. The number of ether oxygens (including phenoxy) is 2. The zero-order valence-corrected chi connectivity index (χ0v) is 27.6. The first-order valence-electron chi connectivity index (χ1n) is 17.4. The van der Waals surface area contributed by atoms with Crippen LogP contribution in [0, 0.1) is 5.92 Å². The summed E-state index contributed by atoms with van der Waals surface area (Å²) in [5.41, 5.74) is 8.00. The largest absolute Gasteiger partial charge is 0.508 e. The number of fused-ring (bicyclic) bond motifs is 2. The van der Waals surface area contributed by atoms with Crippen molar-refractivity contribution in [3.05, 3.63) is 113 Å². The van der Waals surface area contributed by atoms with Crippen LogP contribution >= 0.6 is 0 Å². The predicted molar refractivity (Wildman–Crippen MR) is 189 cm³/mol. The number of phenols is 1. The van der Waals surface area contributed by atoms with Crippen molar-refractivity contribution in [2.24, 2.45) is 5.92 Å². The van der Waals surface area contributed by atoms with Crippen LogP contribution < -0.4 is 24.6 Å². The SMILES string of the molecule is COc1cccc([C@H]2COc3cc(O)ccc3[C@H]2c2ccc(N3CCC(CN4CCN(c5ccc6c(c5)CNC6=O)CC4)CC3)cc2)c1. The van der Waals surface area contributed by atoms with Crippen LogP contribution in [0.5, 0.6) is 17.2 Å². The van der Waals surface area contributed by atoms with E-state index in [1.807, 2.05) is 24.3 Å². The number of anilines is 2. The molecule has 8 heteroatoms. The van der Waals surface area contributed by atoms with Gasteiger partial charge in [0.25, 0.3) is 5.91 Å². The Morgan fingerprint density at radius 1 is 0.833 bits per heavy atom. The minimum atomic E-state index is 0.0479. The first-order chi connectivity index (χ1) is 23.5. The lowest BCUT2D eigenvalue weighted by Crippen LogP contribution is -2.49. The van der Waals surface area contributed by atoms with Gasteiger partial charge in [-0.15, -0.1) is 0 Å². The van der Waals surface area contributed by atoms with Gasteiger partial charge >= 0.3 is 0 Å². The molecule has 4 aromatic rings. The molecule has 4 aromatic carbocycles. The Kier molecular flexibility index (Phi) is 8.34. The Balaban J connectivity index is 0.889. The number of amides is 1. The second-order valence-corrected chi connectivity index (χ2v) is 13.7. The molecule has 4 heterocycles. The van der Waals surface area contributed by atoms with E-state index >= 15 is 0 Å². The van der Waals surface area contributed by atoms with Gasteiger partial charge in [0.05, 0.1) is 13.7 Å². The van der Waals surface area contributed by atoms with Crippen molar-refractivity contribution in [3.8, 4) is 17.2 Å². The Morgan fingerprint density at radius 2 is 1.60 bits per heavy atom. The van der Waals surface area contributed by atoms with Crippen molar-refractivity contribution < 1.29 is 19.4 Å². The lowest BCUT2D eigenvalue weighted by molar-refractivity contribution is 0.0965. The van der Waals surface area contributed by atoms with Crippen LogP contribution in [0.4, 0.5) is 11.4 Å². The highest BCUT2D eigenvalue weighted by Crippen LogP contribution is 2.47. The molecule has 0 bridgehead atoms. The van der Waals surface area contributed by atoms with E-state index in [0.29, 0.717) is 13.2 Å². The molecule has 4 aliphatic heterocycles. The van der Waals surface area contributed by atoms with Gasteiger partial charge in [0.15, 0.2) is 0 Å². The number of carbonyl (C=O) groups is 1. The first kappa shape index (κ1) is 30.6. The quantitative estimate of drug-likeness (QED) is 0.256. The number of piperidine rings is 1. The summed E-state index contributed by atoms with van der Waals surface area (Å²) in [7, 11) is 1.70. The minimum absolute atomic E-state index is 0.0479. The van der Waals surface area contributed by atoms with Crippen molar-refractivity contribution in [2.45, 2.75) is 31.2 Å². The van der Waals surface area contributed by atoms with Gasteiger partial charge in [0.1, 0.15) is 17.2 Å². The van der Waals surface area contributed by atoms with Crippen LogP contribution in [-0.4, -0.2) is 75.4 Å². The number of methoxy groups -OCH3 is 1. The topological polar surface area (TPSA) is 77.5 Å². The van der Waals surface area contributed by atoms with E-state index in [-0.39, 0.29) is 23.5 Å². The molecule has 0 aliphatic carbocycles. The minimum Gasteiger partial charge on any atom is -0.508 e. The van der Waals surface area contributed by atoms with Crippen LogP contribution in [0.15, 0.2) is 84.9 Å². The molecule has 2 atom stereocenters. The third-order valence-corrected chi connectivity index (χ3v) is 10.9. The number of aromatic hydroxyl groups is 1. The molecule has 0 saturated carbocycles. The van der Waals surface area contributed by atoms with Crippen LogP contribution in [0.25, 0.3) is 0 Å². The third kappa shape index (κ3) is 6.05. The molecule has 0 aromatic heterocycles. The molecular formula is C40H44N4O4. The van der Waals surface area contributed by atoms with Crippen LogP contribution in [-0.2, 0) is 6.54 Å². The predicted octanol–water partition coefficient (Wildman–Crippen LogP) is 5.99. The fourth-order valence-corrected chi connectivity index (χ4v) is 8.21. The fraction of sp³-hybridized carbons (Fsp3) is 0.375.